The van der Waals surface area contributed by atoms with Gasteiger partial charge in [-0.1, -0.05) is 76.6 Å². The molecule has 8 nitrogen and oxygen atoms in total. The van der Waals surface area contributed by atoms with Crippen LogP contribution < -0.4 is 4.90 Å². The minimum absolute atomic E-state index is 0.205. The number of hydrogen-bond donors (Lipinski definition) is 1. The summed E-state index contributed by atoms with van der Waals surface area (Å²) < 4.78 is 12.4. The molecule has 5 rings (SSSR count). The third-order valence-electron chi connectivity index (χ3n) is 9.26. The van der Waals surface area contributed by atoms with E-state index in [4.69, 9.17) is 9.47 Å². The van der Waals surface area contributed by atoms with Crippen LogP contribution in [0.3, 0.4) is 0 Å². The second-order valence-electron chi connectivity index (χ2n) is 11.9. The Kier molecular flexibility index (Phi) is 9.77. The standard InChI is InChI=1S/C35H41BrN2O6/c1-5-7-8-12-19-43-34(42)27-28-32(40)38(26(21-39)24-16-10-9-11-17-24)31(35(28)20-25(36)30(27)44-35)33(41)37(18-6-2)29-22(3)14-13-15-23(29)4/h5-6,9-11,13-17,25-28,30-31,39H,1-2,7-8,12,18-21H2,3-4H3/t25?,26-,27+,28+,30+,31?,35?/m1/s1. The molecule has 2 aromatic carbocycles. The fourth-order valence-corrected chi connectivity index (χ4v) is 8.38. The van der Waals surface area contributed by atoms with Crippen molar-refractivity contribution >= 4 is 39.4 Å². The third kappa shape index (κ3) is 5.43. The first-order chi connectivity index (χ1) is 21.2. The van der Waals surface area contributed by atoms with Gasteiger partial charge in [0.2, 0.25) is 5.91 Å². The zero-order chi connectivity index (χ0) is 31.6. The molecule has 234 valence electrons. The number of aliphatic hydroxyl groups is 1. The molecule has 2 amide bonds. The molecule has 1 N–H and O–H groups in total. The van der Waals surface area contributed by atoms with E-state index in [0.29, 0.717) is 18.4 Å². The molecule has 1 spiro atoms. The molecule has 3 saturated heterocycles. The molecule has 3 fully saturated rings. The maximum Gasteiger partial charge on any atom is 0.312 e. The van der Waals surface area contributed by atoms with Gasteiger partial charge in [0.05, 0.1) is 37.2 Å². The van der Waals surface area contributed by atoms with Gasteiger partial charge in [-0.3, -0.25) is 14.4 Å². The van der Waals surface area contributed by atoms with E-state index in [0.717, 1.165) is 29.7 Å². The Balaban J connectivity index is 1.60. The molecule has 7 atom stereocenters. The van der Waals surface area contributed by atoms with Gasteiger partial charge >= 0.3 is 5.97 Å². The summed E-state index contributed by atoms with van der Waals surface area (Å²) in [6.07, 6.45) is 5.55. The van der Waals surface area contributed by atoms with Crippen LogP contribution >= 0.6 is 15.9 Å². The topological polar surface area (TPSA) is 96.4 Å². The van der Waals surface area contributed by atoms with Gasteiger partial charge in [-0.25, -0.2) is 0 Å². The summed E-state index contributed by atoms with van der Waals surface area (Å²) >= 11 is 3.73. The Morgan fingerprint density at radius 1 is 1.14 bits per heavy atom. The van der Waals surface area contributed by atoms with Gasteiger partial charge in [0.15, 0.2) is 0 Å². The zero-order valence-corrected chi connectivity index (χ0v) is 26.9. The first-order valence-electron chi connectivity index (χ1n) is 15.3. The summed E-state index contributed by atoms with van der Waals surface area (Å²) in [7, 11) is 0. The van der Waals surface area contributed by atoms with E-state index < -0.39 is 48.2 Å². The number of halogens is 1. The molecule has 0 aliphatic carbocycles. The van der Waals surface area contributed by atoms with E-state index in [1.807, 2.05) is 68.5 Å². The molecule has 0 saturated carbocycles. The van der Waals surface area contributed by atoms with Gasteiger partial charge in [0, 0.05) is 17.1 Å². The number of carbonyl (C=O) groups is 3. The Labute approximate surface area is 267 Å². The number of para-hydroxylation sites is 1. The van der Waals surface area contributed by atoms with Crippen molar-refractivity contribution in [2.75, 3.05) is 24.7 Å². The highest BCUT2D eigenvalue weighted by atomic mass is 79.9. The number of amides is 2. The van der Waals surface area contributed by atoms with E-state index in [-0.39, 0.29) is 29.8 Å². The highest BCUT2D eigenvalue weighted by Crippen LogP contribution is 2.61. The van der Waals surface area contributed by atoms with Crippen LogP contribution in [0.1, 0.15) is 48.4 Å². The van der Waals surface area contributed by atoms with Crippen LogP contribution in [0.2, 0.25) is 0 Å². The monoisotopic (exact) mass is 664 g/mol. The highest BCUT2D eigenvalue weighted by molar-refractivity contribution is 9.09. The van der Waals surface area contributed by atoms with Crippen LogP contribution in [0.5, 0.6) is 0 Å². The number of aliphatic hydroxyl groups excluding tert-OH is 1. The maximum atomic E-state index is 15.0. The van der Waals surface area contributed by atoms with Crippen molar-refractivity contribution in [3.63, 3.8) is 0 Å². The van der Waals surface area contributed by atoms with Crippen molar-refractivity contribution < 1.29 is 29.0 Å². The van der Waals surface area contributed by atoms with Crippen molar-refractivity contribution in [1.82, 2.24) is 4.90 Å². The van der Waals surface area contributed by atoms with Gasteiger partial charge in [-0.2, -0.15) is 0 Å². The summed E-state index contributed by atoms with van der Waals surface area (Å²) in [6.45, 7) is 11.6. The fraction of sp³-hybridized carbons (Fsp3) is 0.457. The molecule has 0 aromatic heterocycles. The first-order valence-corrected chi connectivity index (χ1v) is 16.2. The van der Waals surface area contributed by atoms with Crippen LogP contribution in [0.4, 0.5) is 5.69 Å². The number of carbonyl (C=O) groups excluding carboxylic acids is 3. The lowest BCUT2D eigenvalue weighted by molar-refractivity contribution is -0.155. The number of anilines is 1. The Bertz CT molecular complexity index is 1390. The molecule has 3 heterocycles. The Morgan fingerprint density at radius 3 is 2.48 bits per heavy atom. The summed E-state index contributed by atoms with van der Waals surface area (Å²) in [5, 5.41) is 10.8. The average molecular weight is 666 g/mol. The summed E-state index contributed by atoms with van der Waals surface area (Å²) in [6, 6.07) is 13.1. The van der Waals surface area contributed by atoms with Crippen molar-refractivity contribution in [3.8, 4) is 0 Å². The number of benzene rings is 2. The number of unbranched alkanes of at least 4 members (excludes halogenated alkanes) is 2. The van der Waals surface area contributed by atoms with Crippen LogP contribution in [0.25, 0.3) is 0 Å². The van der Waals surface area contributed by atoms with E-state index in [9.17, 15) is 14.7 Å². The smallest absolute Gasteiger partial charge is 0.312 e. The maximum absolute atomic E-state index is 15.0. The largest absolute Gasteiger partial charge is 0.465 e. The van der Waals surface area contributed by atoms with Gasteiger partial charge in [-0.15, -0.1) is 13.2 Å². The van der Waals surface area contributed by atoms with Crippen molar-refractivity contribution in [1.29, 1.82) is 0 Å². The second kappa shape index (κ2) is 13.4. The molecule has 0 radical (unpaired) electrons. The van der Waals surface area contributed by atoms with E-state index in [1.54, 1.807) is 11.0 Å². The number of fused-ring (bicyclic) bond motifs is 1. The molecule has 3 unspecified atom stereocenters. The van der Waals surface area contributed by atoms with E-state index in [1.165, 1.54) is 4.90 Å². The van der Waals surface area contributed by atoms with Crippen LogP contribution in [-0.4, -0.2) is 70.1 Å². The van der Waals surface area contributed by atoms with Crippen LogP contribution in [0, 0.1) is 25.7 Å². The summed E-state index contributed by atoms with van der Waals surface area (Å²) in [4.78, 5) is 46.2. The van der Waals surface area contributed by atoms with Crippen molar-refractivity contribution in [2.45, 2.75) is 68.1 Å². The predicted molar refractivity (Wildman–Crippen MR) is 172 cm³/mol. The molecule has 9 heteroatoms. The van der Waals surface area contributed by atoms with E-state index in [2.05, 4.69) is 29.1 Å². The molecular formula is C35H41BrN2O6. The van der Waals surface area contributed by atoms with Crippen LogP contribution in [-0.2, 0) is 23.9 Å². The number of rotatable bonds is 13. The van der Waals surface area contributed by atoms with E-state index >= 15 is 4.79 Å². The van der Waals surface area contributed by atoms with Crippen molar-refractivity contribution in [3.05, 3.63) is 90.5 Å². The lowest BCUT2D eigenvalue weighted by atomic mass is 9.70. The molecule has 2 bridgehead atoms. The van der Waals surface area contributed by atoms with Gasteiger partial charge in [-0.05, 0) is 56.2 Å². The number of esters is 1. The predicted octanol–water partition coefficient (Wildman–Crippen LogP) is 5.20. The minimum Gasteiger partial charge on any atom is -0.465 e. The van der Waals surface area contributed by atoms with Gasteiger partial charge in [0.1, 0.15) is 11.6 Å². The number of hydrogen-bond acceptors (Lipinski definition) is 6. The Hall–Kier alpha value is -3.27. The number of alkyl halides is 1. The minimum atomic E-state index is -1.29. The highest BCUT2D eigenvalue weighted by Gasteiger charge is 2.77. The SMILES string of the molecule is C=CCCCCOC(=O)[C@H]1[C@H]2C(=O)N([C@H](CO)c3ccccc3)C(C(=O)N(CC=C)c3c(C)cccc3C)C23CC(Br)[C@@H]1O3. The second-order valence-corrected chi connectivity index (χ2v) is 13.1. The van der Waals surface area contributed by atoms with Crippen LogP contribution in [0.15, 0.2) is 73.8 Å². The number of aryl methyl sites for hydroxylation is 2. The zero-order valence-electron chi connectivity index (χ0n) is 25.4. The molecule has 3 aliphatic rings. The van der Waals surface area contributed by atoms with Crippen molar-refractivity contribution in [2.24, 2.45) is 11.8 Å². The number of likely N-dealkylation sites (tertiary alicyclic amines) is 1. The fourth-order valence-electron chi connectivity index (χ4n) is 7.44. The van der Waals surface area contributed by atoms with Gasteiger partial charge < -0.3 is 24.4 Å². The molecule has 2 aromatic rings. The molecule has 44 heavy (non-hydrogen) atoms. The quantitative estimate of drug-likeness (QED) is 0.137. The Morgan fingerprint density at radius 2 is 1.84 bits per heavy atom. The molecule has 3 aliphatic heterocycles. The third-order valence-corrected chi connectivity index (χ3v) is 10.1. The lowest BCUT2D eigenvalue weighted by Gasteiger charge is -2.40. The number of ether oxygens (including phenoxy) is 2. The summed E-state index contributed by atoms with van der Waals surface area (Å²) in [5.74, 6) is -3.04. The molecular weight excluding hydrogens is 624 g/mol. The average Bonchev–Trinajstić information content (AvgIpc) is 3.60. The lowest BCUT2D eigenvalue weighted by Crippen LogP contribution is -2.58. The normalized spacial score (nSPS) is 27.6. The summed E-state index contributed by atoms with van der Waals surface area (Å²) in [5.41, 5.74) is 1.94. The van der Waals surface area contributed by atoms with Gasteiger partial charge in [0.25, 0.3) is 5.91 Å². The number of nitrogens with zero attached hydrogens (tertiary/aromatic N) is 2. The first kappa shape index (κ1) is 32.1. The number of allylic oxidation sites excluding steroid dienone is 1.